The first-order chi connectivity index (χ1) is 6.49. The molecule has 14 heavy (non-hydrogen) atoms. The van der Waals surface area contributed by atoms with Gasteiger partial charge in [-0.1, -0.05) is 13.8 Å². The third-order valence-corrected chi connectivity index (χ3v) is 1.99. The second kappa shape index (κ2) is 4.37. The molecule has 0 aliphatic heterocycles. The van der Waals surface area contributed by atoms with Crippen LogP contribution in [0.5, 0.6) is 0 Å². The van der Waals surface area contributed by atoms with Crippen molar-refractivity contribution in [1.29, 1.82) is 0 Å². The lowest BCUT2D eigenvalue weighted by Crippen LogP contribution is -2.19. The zero-order chi connectivity index (χ0) is 10.7. The molecule has 4 heteroatoms. The van der Waals surface area contributed by atoms with Gasteiger partial charge in [0.15, 0.2) is 0 Å². The van der Waals surface area contributed by atoms with Gasteiger partial charge in [-0.3, -0.25) is 4.79 Å². The second-order valence-corrected chi connectivity index (χ2v) is 3.99. The van der Waals surface area contributed by atoms with Crippen LogP contribution in [0.25, 0.3) is 0 Å². The van der Waals surface area contributed by atoms with Crippen LogP contribution in [0.15, 0.2) is 10.9 Å². The van der Waals surface area contributed by atoms with Gasteiger partial charge >= 0.3 is 0 Å². The lowest BCUT2D eigenvalue weighted by molar-refractivity contribution is 0.500. The molecule has 0 bridgehead atoms. The Morgan fingerprint density at radius 1 is 1.57 bits per heavy atom. The smallest absolute Gasteiger partial charge is 0.251 e. The van der Waals surface area contributed by atoms with Crippen molar-refractivity contribution in [3.8, 4) is 0 Å². The average molecular weight is 195 g/mol. The maximum Gasteiger partial charge on any atom is 0.251 e. The summed E-state index contributed by atoms with van der Waals surface area (Å²) >= 11 is 0. The van der Waals surface area contributed by atoms with Crippen LogP contribution in [-0.4, -0.2) is 9.97 Å². The van der Waals surface area contributed by atoms with Gasteiger partial charge in [-0.25, -0.2) is 4.98 Å². The summed E-state index contributed by atoms with van der Waals surface area (Å²) in [6.07, 6.45) is 0.843. The first-order valence-electron chi connectivity index (χ1n) is 4.82. The number of hydrogen-bond donors (Lipinski definition) is 2. The Kier molecular flexibility index (Phi) is 3.41. The third-order valence-electron chi connectivity index (χ3n) is 1.99. The molecule has 1 aromatic heterocycles. The first-order valence-corrected chi connectivity index (χ1v) is 4.82. The van der Waals surface area contributed by atoms with E-state index in [1.807, 2.05) is 0 Å². The van der Waals surface area contributed by atoms with Crippen molar-refractivity contribution in [2.24, 2.45) is 11.7 Å². The largest absolute Gasteiger partial charge is 0.323 e. The minimum Gasteiger partial charge on any atom is -0.323 e. The summed E-state index contributed by atoms with van der Waals surface area (Å²) in [6.45, 7) is 5.95. The number of aromatic amines is 1. The van der Waals surface area contributed by atoms with Gasteiger partial charge in [0.2, 0.25) is 0 Å². The number of nitrogens with zero attached hydrogens (tertiary/aromatic N) is 1. The van der Waals surface area contributed by atoms with E-state index in [4.69, 9.17) is 5.73 Å². The number of hydrogen-bond acceptors (Lipinski definition) is 3. The van der Waals surface area contributed by atoms with E-state index >= 15 is 0 Å². The summed E-state index contributed by atoms with van der Waals surface area (Å²) in [5, 5.41) is 0. The molecule has 1 aromatic rings. The van der Waals surface area contributed by atoms with E-state index in [1.165, 1.54) is 6.07 Å². The van der Waals surface area contributed by atoms with Crippen LogP contribution >= 0.6 is 0 Å². The van der Waals surface area contributed by atoms with E-state index in [9.17, 15) is 4.79 Å². The molecule has 0 spiro atoms. The molecule has 1 heterocycles. The lowest BCUT2D eigenvalue weighted by Gasteiger charge is -2.13. The predicted molar refractivity (Wildman–Crippen MR) is 56.0 cm³/mol. The van der Waals surface area contributed by atoms with E-state index in [-0.39, 0.29) is 11.6 Å². The molecule has 3 N–H and O–H groups in total. The van der Waals surface area contributed by atoms with Crippen LogP contribution in [0, 0.1) is 12.8 Å². The molecule has 4 nitrogen and oxygen atoms in total. The Hall–Kier alpha value is -1.16. The lowest BCUT2D eigenvalue weighted by atomic mass is 10.0. The Labute approximate surface area is 83.6 Å². The molecule has 0 saturated carbocycles. The Morgan fingerprint density at radius 2 is 2.21 bits per heavy atom. The van der Waals surface area contributed by atoms with E-state index in [0.717, 1.165) is 6.42 Å². The predicted octanol–water partition coefficient (Wildman–Crippen LogP) is 1.12. The number of nitrogens with one attached hydrogen (secondary N) is 1. The van der Waals surface area contributed by atoms with Crippen molar-refractivity contribution < 1.29 is 0 Å². The highest BCUT2D eigenvalue weighted by atomic mass is 16.1. The summed E-state index contributed by atoms with van der Waals surface area (Å²) < 4.78 is 0. The van der Waals surface area contributed by atoms with Gasteiger partial charge in [0.25, 0.3) is 5.56 Å². The van der Waals surface area contributed by atoms with Crippen LogP contribution < -0.4 is 11.3 Å². The quantitative estimate of drug-likeness (QED) is 0.759. The van der Waals surface area contributed by atoms with Crippen molar-refractivity contribution >= 4 is 0 Å². The van der Waals surface area contributed by atoms with Gasteiger partial charge in [-0.15, -0.1) is 0 Å². The zero-order valence-electron chi connectivity index (χ0n) is 8.87. The van der Waals surface area contributed by atoms with Crippen LogP contribution in [-0.2, 0) is 0 Å². The topological polar surface area (TPSA) is 71.8 Å². The van der Waals surface area contributed by atoms with Crippen molar-refractivity contribution in [2.75, 3.05) is 0 Å². The van der Waals surface area contributed by atoms with Gasteiger partial charge in [0.05, 0.1) is 5.69 Å². The molecule has 0 amide bonds. The minimum atomic E-state index is -0.143. The Balaban J connectivity index is 2.89. The van der Waals surface area contributed by atoms with Crippen LogP contribution in [0.3, 0.4) is 0 Å². The summed E-state index contributed by atoms with van der Waals surface area (Å²) in [4.78, 5) is 18.0. The van der Waals surface area contributed by atoms with Crippen LogP contribution in [0.2, 0.25) is 0 Å². The van der Waals surface area contributed by atoms with Crippen molar-refractivity contribution in [1.82, 2.24) is 9.97 Å². The normalized spacial score (nSPS) is 13.2. The molecule has 0 aliphatic rings. The van der Waals surface area contributed by atoms with Gasteiger partial charge in [0.1, 0.15) is 5.82 Å². The van der Waals surface area contributed by atoms with Gasteiger partial charge < -0.3 is 10.7 Å². The van der Waals surface area contributed by atoms with Crippen molar-refractivity contribution in [3.63, 3.8) is 0 Å². The van der Waals surface area contributed by atoms with Crippen LogP contribution in [0.4, 0.5) is 0 Å². The highest BCUT2D eigenvalue weighted by molar-refractivity contribution is 5.06. The SMILES string of the molecule is Cc1nc([C@H](N)CC(C)C)cc(=O)[nH]1. The third kappa shape index (κ3) is 2.96. The fourth-order valence-corrected chi connectivity index (χ4v) is 1.42. The van der Waals surface area contributed by atoms with Crippen molar-refractivity contribution in [3.05, 3.63) is 27.9 Å². The highest BCUT2D eigenvalue weighted by Crippen LogP contribution is 2.15. The Morgan fingerprint density at radius 3 is 2.71 bits per heavy atom. The first kappa shape index (κ1) is 10.9. The highest BCUT2D eigenvalue weighted by Gasteiger charge is 2.10. The summed E-state index contributed by atoms with van der Waals surface area (Å²) in [5.41, 5.74) is 6.47. The summed E-state index contributed by atoms with van der Waals surface area (Å²) in [7, 11) is 0. The number of nitrogens with two attached hydrogens (primary N) is 1. The molecule has 78 valence electrons. The molecule has 0 unspecified atom stereocenters. The maximum atomic E-state index is 11.2. The standard InChI is InChI=1S/C10H17N3O/c1-6(2)4-8(11)9-5-10(14)13-7(3)12-9/h5-6,8H,4,11H2,1-3H3,(H,12,13,14)/t8-/m1/s1. The summed E-state index contributed by atoms with van der Waals surface area (Å²) in [6, 6.07) is 1.33. The van der Waals surface area contributed by atoms with Gasteiger partial charge in [0, 0.05) is 12.1 Å². The maximum absolute atomic E-state index is 11.2. The van der Waals surface area contributed by atoms with E-state index in [2.05, 4.69) is 23.8 Å². The number of H-pyrrole nitrogens is 1. The summed E-state index contributed by atoms with van der Waals surface area (Å²) in [5.74, 6) is 1.12. The van der Waals surface area contributed by atoms with E-state index in [0.29, 0.717) is 17.4 Å². The zero-order valence-corrected chi connectivity index (χ0v) is 8.87. The fourth-order valence-electron chi connectivity index (χ4n) is 1.42. The fraction of sp³-hybridized carbons (Fsp3) is 0.600. The molecular weight excluding hydrogens is 178 g/mol. The molecule has 0 radical (unpaired) electrons. The molecule has 0 fully saturated rings. The average Bonchev–Trinajstić information content (AvgIpc) is 2.00. The molecule has 0 saturated heterocycles. The second-order valence-electron chi connectivity index (χ2n) is 3.99. The molecule has 1 rings (SSSR count). The monoisotopic (exact) mass is 195 g/mol. The van der Waals surface area contributed by atoms with E-state index in [1.54, 1.807) is 6.92 Å². The number of aryl methyl sites for hydroxylation is 1. The molecule has 0 aromatic carbocycles. The van der Waals surface area contributed by atoms with E-state index < -0.39 is 0 Å². The van der Waals surface area contributed by atoms with Crippen molar-refractivity contribution in [2.45, 2.75) is 33.2 Å². The van der Waals surface area contributed by atoms with Gasteiger partial charge in [-0.2, -0.15) is 0 Å². The minimum absolute atomic E-state index is 0.133. The van der Waals surface area contributed by atoms with Gasteiger partial charge in [-0.05, 0) is 19.3 Å². The molecular formula is C10H17N3O. The Bertz CT molecular complexity index is 357. The number of aromatic nitrogens is 2. The van der Waals surface area contributed by atoms with Crippen LogP contribution in [0.1, 0.15) is 37.8 Å². The molecule has 0 aliphatic carbocycles. The molecule has 1 atom stereocenters. The number of rotatable bonds is 3.